The smallest absolute Gasteiger partial charge is 0.362 e. The van der Waals surface area contributed by atoms with E-state index in [4.69, 9.17) is 11.6 Å². The Morgan fingerprint density at radius 3 is 2.42 bits per heavy atom. The zero-order chi connectivity index (χ0) is 19.1. The summed E-state index contributed by atoms with van der Waals surface area (Å²) in [6, 6.07) is 11.6. The molecular weight excluding hydrogens is 437 g/mol. The Morgan fingerprint density at radius 1 is 1.19 bits per heavy atom. The zero-order valence-electron chi connectivity index (χ0n) is 12.9. The van der Waals surface area contributed by atoms with Gasteiger partial charge in [-0.3, -0.25) is 10.2 Å². The van der Waals surface area contributed by atoms with Gasteiger partial charge in [0.1, 0.15) is 5.70 Å². The molecule has 1 aliphatic rings. The van der Waals surface area contributed by atoms with E-state index >= 15 is 0 Å². The summed E-state index contributed by atoms with van der Waals surface area (Å²) in [5.41, 5.74) is -1.46. The van der Waals surface area contributed by atoms with Gasteiger partial charge in [0.15, 0.2) is 0 Å². The van der Waals surface area contributed by atoms with Crippen LogP contribution in [0.15, 0.2) is 64.8 Å². The minimum Gasteiger partial charge on any atom is -0.362 e. The Labute approximate surface area is 160 Å². The van der Waals surface area contributed by atoms with Crippen molar-refractivity contribution in [3.05, 3.63) is 80.9 Å². The van der Waals surface area contributed by atoms with Gasteiger partial charge in [-0.25, -0.2) is 5.01 Å². The van der Waals surface area contributed by atoms with Gasteiger partial charge in [0.2, 0.25) is 5.72 Å². The molecule has 26 heavy (non-hydrogen) atoms. The highest BCUT2D eigenvalue weighted by Gasteiger charge is 2.50. The Hall–Kier alpha value is -2.03. The van der Waals surface area contributed by atoms with E-state index in [1.807, 2.05) is 5.43 Å². The van der Waals surface area contributed by atoms with Crippen molar-refractivity contribution in [2.24, 2.45) is 0 Å². The second-order valence-electron chi connectivity index (χ2n) is 5.55. The van der Waals surface area contributed by atoms with Crippen molar-refractivity contribution in [1.82, 2.24) is 10.4 Å². The summed E-state index contributed by atoms with van der Waals surface area (Å²) in [6.45, 7) is 0. The number of rotatable bonds is 2. The summed E-state index contributed by atoms with van der Waals surface area (Å²) < 4.78 is 40.1. The maximum atomic E-state index is 13.2. The number of nitrogens with zero attached hydrogens (tertiary/aromatic N) is 1. The first-order chi connectivity index (χ1) is 12.1. The number of benzene rings is 2. The number of hydrazine groups is 1. The lowest BCUT2D eigenvalue weighted by Crippen LogP contribution is -2.51. The van der Waals surface area contributed by atoms with Crippen molar-refractivity contribution in [3.8, 4) is 0 Å². The average Bonchev–Trinajstić information content (AvgIpc) is 2.94. The van der Waals surface area contributed by atoms with Crippen LogP contribution in [0.3, 0.4) is 0 Å². The van der Waals surface area contributed by atoms with Crippen LogP contribution in [-0.4, -0.2) is 22.2 Å². The number of carbonyl (C=O) groups is 1. The minimum absolute atomic E-state index is 0.0528. The third-order valence-corrected chi connectivity index (χ3v) is 4.51. The van der Waals surface area contributed by atoms with Gasteiger partial charge in [0, 0.05) is 26.7 Å². The molecule has 0 saturated heterocycles. The van der Waals surface area contributed by atoms with Crippen molar-refractivity contribution < 1.29 is 23.1 Å². The van der Waals surface area contributed by atoms with Crippen LogP contribution in [0.4, 0.5) is 13.2 Å². The highest BCUT2D eigenvalue weighted by molar-refractivity contribution is 9.10. The van der Waals surface area contributed by atoms with E-state index < -0.39 is 23.5 Å². The number of amides is 1. The van der Waals surface area contributed by atoms with Crippen molar-refractivity contribution in [2.75, 3.05) is 0 Å². The highest BCUT2D eigenvalue weighted by atomic mass is 79.9. The van der Waals surface area contributed by atoms with Crippen LogP contribution in [0.25, 0.3) is 0 Å². The molecule has 2 N–H and O–H groups in total. The summed E-state index contributed by atoms with van der Waals surface area (Å²) >= 11 is 9.00. The van der Waals surface area contributed by atoms with Crippen LogP contribution in [0, 0.1) is 0 Å². The Kier molecular flexibility index (Phi) is 4.76. The normalized spacial score (nSPS) is 19.9. The fraction of sp³-hybridized carbons (Fsp3) is 0.118. The van der Waals surface area contributed by atoms with E-state index in [1.54, 1.807) is 12.1 Å². The third kappa shape index (κ3) is 3.44. The molecule has 2 aromatic rings. The first-order valence-electron chi connectivity index (χ1n) is 7.26. The zero-order valence-corrected chi connectivity index (χ0v) is 15.2. The highest BCUT2D eigenvalue weighted by Crippen LogP contribution is 2.38. The number of hydrogen-bond acceptors (Lipinski definition) is 3. The van der Waals surface area contributed by atoms with Crippen molar-refractivity contribution in [3.63, 3.8) is 0 Å². The molecule has 2 aromatic carbocycles. The van der Waals surface area contributed by atoms with E-state index in [-0.39, 0.29) is 11.1 Å². The number of aliphatic hydroxyl groups is 1. The lowest BCUT2D eigenvalue weighted by Gasteiger charge is -2.33. The number of hydrogen-bond donors (Lipinski definition) is 2. The molecule has 0 bridgehead atoms. The monoisotopic (exact) mass is 446 g/mol. The maximum absolute atomic E-state index is 13.2. The second-order valence-corrected chi connectivity index (χ2v) is 6.90. The molecule has 1 atom stereocenters. The molecule has 1 aliphatic heterocycles. The lowest BCUT2D eigenvalue weighted by atomic mass is 10.0. The van der Waals surface area contributed by atoms with Gasteiger partial charge in [0.05, 0.1) is 0 Å². The van der Waals surface area contributed by atoms with Crippen LogP contribution < -0.4 is 5.43 Å². The van der Waals surface area contributed by atoms with Crippen molar-refractivity contribution in [1.29, 1.82) is 0 Å². The van der Waals surface area contributed by atoms with Gasteiger partial charge >= 0.3 is 6.18 Å². The SMILES string of the molecule is O=C(c1cccc(Br)c1)N1NC(C(F)(F)F)=C[C@]1(O)c1ccc(Cl)cc1. The van der Waals surface area contributed by atoms with Gasteiger partial charge in [0.25, 0.3) is 5.91 Å². The molecule has 9 heteroatoms. The van der Waals surface area contributed by atoms with Gasteiger partial charge in [-0.15, -0.1) is 0 Å². The molecule has 0 aromatic heterocycles. The van der Waals surface area contributed by atoms with Crippen molar-refractivity contribution >= 4 is 33.4 Å². The fourth-order valence-electron chi connectivity index (χ4n) is 2.51. The number of halogens is 5. The molecule has 0 saturated carbocycles. The summed E-state index contributed by atoms with van der Waals surface area (Å²) in [5.74, 6) is -0.834. The molecule has 0 radical (unpaired) electrons. The number of nitrogens with one attached hydrogen (secondary N) is 1. The summed E-state index contributed by atoms with van der Waals surface area (Å²) in [6.07, 6.45) is -4.21. The van der Waals surface area contributed by atoms with Crippen molar-refractivity contribution in [2.45, 2.75) is 11.9 Å². The third-order valence-electron chi connectivity index (χ3n) is 3.77. The average molecular weight is 448 g/mol. The summed E-state index contributed by atoms with van der Waals surface area (Å²) in [4.78, 5) is 12.8. The molecule has 3 rings (SSSR count). The molecule has 4 nitrogen and oxygen atoms in total. The van der Waals surface area contributed by atoms with Crippen LogP contribution in [0.5, 0.6) is 0 Å². The first kappa shape index (κ1) is 18.8. The standard InChI is InChI=1S/C17H11BrClF3N2O2/c18-12-3-1-2-10(8-12)15(25)24-16(26,9-14(23-24)17(20,21)22)11-4-6-13(19)7-5-11/h1-9,23,26H/t16-/m0/s1. The molecule has 0 fully saturated rings. The number of alkyl halides is 3. The van der Waals surface area contributed by atoms with Gasteiger partial charge in [-0.05, 0) is 30.3 Å². The summed E-state index contributed by atoms with van der Waals surface area (Å²) in [7, 11) is 0. The van der Waals surface area contributed by atoms with Gasteiger partial charge in [-0.2, -0.15) is 13.2 Å². The first-order valence-corrected chi connectivity index (χ1v) is 8.43. The van der Waals surface area contributed by atoms with E-state index in [0.717, 1.165) is 0 Å². The number of allylic oxidation sites excluding steroid dienone is 1. The summed E-state index contributed by atoms with van der Waals surface area (Å²) in [5, 5.41) is 11.8. The molecule has 0 spiro atoms. The fourth-order valence-corrected chi connectivity index (χ4v) is 3.04. The molecule has 136 valence electrons. The minimum atomic E-state index is -4.77. The molecule has 0 aliphatic carbocycles. The van der Waals surface area contributed by atoms with E-state index in [2.05, 4.69) is 15.9 Å². The van der Waals surface area contributed by atoms with Crippen LogP contribution >= 0.6 is 27.5 Å². The molecule has 0 unspecified atom stereocenters. The van der Waals surface area contributed by atoms with E-state index in [0.29, 0.717) is 20.6 Å². The predicted molar refractivity (Wildman–Crippen MR) is 92.9 cm³/mol. The lowest BCUT2D eigenvalue weighted by molar-refractivity contribution is -0.104. The topological polar surface area (TPSA) is 52.6 Å². The Bertz CT molecular complexity index is 886. The van der Waals surface area contributed by atoms with Crippen LogP contribution in [-0.2, 0) is 5.72 Å². The quantitative estimate of drug-likeness (QED) is 0.720. The van der Waals surface area contributed by atoms with E-state index in [1.165, 1.54) is 36.4 Å². The molecular formula is C17H11BrClF3N2O2. The van der Waals surface area contributed by atoms with Crippen LogP contribution in [0.2, 0.25) is 5.02 Å². The molecule has 1 amide bonds. The molecule has 1 heterocycles. The number of carbonyl (C=O) groups excluding carboxylic acids is 1. The maximum Gasteiger partial charge on any atom is 0.432 e. The predicted octanol–water partition coefficient (Wildman–Crippen LogP) is 4.35. The largest absolute Gasteiger partial charge is 0.432 e. The van der Waals surface area contributed by atoms with Gasteiger partial charge < -0.3 is 5.11 Å². The second kappa shape index (κ2) is 6.61. The Morgan fingerprint density at radius 2 is 1.85 bits per heavy atom. The van der Waals surface area contributed by atoms with Gasteiger partial charge in [-0.1, -0.05) is 45.7 Å². The van der Waals surface area contributed by atoms with Crippen LogP contribution in [0.1, 0.15) is 15.9 Å². The van der Waals surface area contributed by atoms with E-state index in [9.17, 15) is 23.1 Å². The Balaban J connectivity index is 2.08.